The standard InChI is InChI=1S/C23H25N5O4S2/c1-14(2)20-26-21(32-27-20)16-9-11-28(12-10-16)23-24-18-7-8-19(25-22(18)33-23)31-17-5-3-15(4-6-17)13-34(29)30/h3-8,14,16H,9-13H2,1-2H3,(H,29,30). The lowest BCUT2D eigenvalue weighted by molar-refractivity contribution is 0.326. The molecule has 3 aromatic heterocycles. The minimum Gasteiger partial charge on any atom is -0.439 e. The number of aromatic nitrogens is 4. The highest BCUT2D eigenvalue weighted by Crippen LogP contribution is 2.34. The molecule has 11 heteroatoms. The Balaban J connectivity index is 1.23. The first kappa shape index (κ1) is 22.9. The Morgan fingerprint density at radius 2 is 1.91 bits per heavy atom. The van der Waals surface area contributed by atoms with E-state index >= 15 is 0 Å². The summed E-state index contributed by atoms with van der Waals surface area (Å²) in [6.07, 6.45) is 1.88. The number of anilines is 1. The fraction of sp³-hybridized carbons (Fsp3) is 0.391. The van der Waals surface area contributed by atoms with Crippen LogP contribution >= 0.6 is 11.3 Å². The highest BCUT2D eigenvalue weighted by molar-refractivity contribution is 7.78. The van der Waals surface area contributed by atoms with Gasteiger partial charge in [-0.3, -0.25) is 0 Å². The van der Waals surface area contributed by atoms with Crippen LogP contribution in [0, 0.1) is 0 Å². The quantitative estimate of drug-likeness (QED) is 0.347. The van der Waals surface area contributed by atoms with Crippen LogP contribution < -0.4 is 9.64 Å². The van der Waals surface area contributed by atoms with E-state index in [1.54, 1.807) is 41.7 Å². The third-order valence-electron chi connectivity index (χ3n) is 5.74. The Hall–Kier alpha value is -2.89. The first-order chi connectivity index (χ1) is 16.4. The molecule has 1 aromatic carbocycles. The fourth-order valence-corrected chi connectivity index (χ4v) is 5.32. The molecule has 4 aromatic rings. The predicted octanol–water partition coefficient (Wildman–Crippen LogP) is 5.10. The smallest absolute Gasteiger partial charge is 0.229 e. The third-order valence-corrected chi connectivity index (χ3v) is 7.35. The molecule has 1 unspecified atom stereocenters. The molecule has 9 nitrogen and oxygen atoms in total. The molecular weight excluding hydrogens is 474 g/mol. The molecule has 1 N–H and O–H groups in total. The molecule has 1 saturated heterocycles. The van der Waals surface area contributed by atoms with E-state index in [2.05, 4.69) is 33.9 Å². The lowest BCUT2D eigenvalue weighted by atomic mass is 9.97. The number of nitrogens with zero attached hydrogens (tertiary/aromatic N) is 5. The van der Waals surface area contributed by atoms with Crippen molar-refractivity contribution in [2.24, 2.45) is 0 Å². The lowest BCUT2D eigenvalue weighted by Crippen LogP contribution is -2.32. The summed E-state index contributed by atoms with van der Waals surface area (Å²) in [4.78, 5) is 17.1. The maximum atomic E-state index is 10.9. The van der Waals surface area contributed by atoms with Crippen molar-refractivity contribution in [2.45, 2.75) is 44.3 Å². The van der Waals surface area contributed by atoms with Crippen molar-refractivity contribution < 1.29 is 18.0 Å². The van der Waals surface area contributed by atoms with Gasteiger partial charge in [0.25, 0.3) is 0 Å². The van der Waals surface area contributed by atoms with Gasteiger partial charge in [0.05, 0.1) is 5.75 Å². The van der Waals surface area contributed by atoms with Gasteiger partial charge >= 0.3 is 0 Å². The SMILES string of the molecule is CC(C)c1noc(C2CCN(c3nc4ccc(Oc5ccc(CS(=O)O)cc5)nc4s3)CC2)n1. The number of hydrogen-bond acceptors (Lipinski definition) is 9. The largest absolute Gasteiger partial charge is 0.439 e. The fourth-order valence-electron chi connectivity index (χ4n) is 3.86. The number of piperidine rings is 1. The van der Waals surface area contributed by atoms with Crippen LogP contribution in [0.15, 0.2) is 40.9 Å². The van der Waals surface area contributed by atoms with E-state index in [1.165, 1.54) is 0 Å². The zero-order valence-corrected chi connectivity index (χ0v) is 20.5. The van der Waals surface area contributed by atoms with Crippen molar-refractivity contribution >= 4 is 37.9 Å². The average molecular weight is 500 g/mol. The molecule has 5 rings (SSSR count). The molecule has 4 heterocycles. The molecule has 178 valence electrons. The Kier molecular flexibility index (Phi) is 6.57. The topological polar surface area (TPSA) is 114 Å². The number of fused-ring (bicyclic) bond motifs is 1. The zero-order valence-electron chi connectivity index (χ0n) is 18.9. The summed E-state index contributed by atoms with van der Waals surface area (Å²) in [6.45, 7) is 5.87. The second-order valence-corrected chi connectivity index (χ2v) is 10.5. The normalized spacial score (nSPS) is 15.8. The van der Waals surface area contributed by atoms with E-state index in [9.17, 15) is 4.21 Å². The van der Waals surface area contributed by atoms with Crippen LogP contribution in [0.4, 0.5) is 5.13 Å². The van der Waals surface area contributed by atoms with Crippen LogP contribution in [0.2, 0.25) is 0 Å². The first-order valence-electron chi connectivity index (χ1n) is 11.1. The third kappa shape index (κ3) is 5.11. The summed E-state index contributed by atoms with van der Waals surface area (Å²) < 4.78 is 31.3. The van der Waals surface area contributed by atoms with E-state index in [0.717, 1.165) is 58.7 Å². The van der Waals surface area contributed by atoms with E-state index in [4.69, 9.17) is 18.8 Å². The van der Waals surface area contributed by atoms with Gasteiger partial charge in [-0.2, -0.15) is 4.98 Å². The van der Waals surface area contributed by atoms with E-state index in [1.807, 2.05) is 6.07 Å². The molecule has 34 heavy (non-hydrogen) atoms. The Morgan fingerprint density at radius 1 is 1.15 bits per heavy atom. The van der Waals surface area contributed by atoms with Crippen LogP contribution in [-0.4, -0.2) is 42.0 Å². The van der Waals surface area contributed by atoms with E-state index in [0.29, 0.717) is 11.6 Å². The summed E-state index contributed by atoms with van der Waals surface area (Å²) in [5, 5.41) is 5.05. The molecule has 1 aliphatic rings. The molecule has 0 bridgehead atoms. The first-order valence-corrected chi connectivity index (χ1v) is 13.2. The van der Waals surface area contributed by atoms with Crippen molar-refractivity contribution in [1.29, 1.82) is 0 Å². The predicted molar refractivity (Wildman–Crippen MR) is 131 cm³/mol. The van der Waals surface area contributed by atoms with Gasteiger partial charge in [0.1, 0.15) is 16.1 Å². The van der Waals surface area contributed by atoms with Gasteiger partial charge in [-0.25, -0.2) is 14.2 Å². The van der Waals surface area contributed by atoms with E-state index in [-0.39, 0.29) is 17.6 Å². The number of ether oxygens (including phenoxy) is 1. The van der Waals surface area contributed by atoms with Gasteiger partial charge in [-0.1, -0.05) is 42.5 Å². The second kappa shape index (κ2) is 9.77. The van der Waals surface area contributed by atoms with Crippen molar-refractivity contribution in [1.82, 2.24) is 20.1 Å². The highest BCUT2D eigenvalue weighted by Gasteiger charge is 2.27. The van der Waals surface area contributed by atoms with Crippen molar-refractivity contribution in [3.05, 3.63) is 53.7 Å². The Bertz CT molecular complexity index is 1300. The van der Waals surface area contributed by atoms with Gasteiger partial charge in [0, 0.05) is 31.0 Å². The van der Waals surface area contributed by atoms with Gasteiger partial charge in [-0.15, -0.1) is 0 Å². The molecule has 1 aliphatic heterocycles. The van der Waals surface area contributed by atoms with Gasteiger partial charge in [0.2, 0.25) is 11.8 Å². The Morgan fingerprint density at radius 3 is 2.59 bits per heavy atom. The highest BCUT2D eigenvalue weighted by atomic mass is 32.2. The van der Waals surface area contributed by atoms with Crippen LogP contribution in [0.5, 0.6) is 11.6 Å². The molecular formula is C23H25N5O4S2. The summed E-state index contributed by atoms with van der Waals surface area (Å²) in [6, 6.07) is 10.8. The number of pyridine rings is 1. The van der Waals surface area contributed by atoms with Crippen molar-refractivity contribution in [2.75, 3.05) is 18.0 Å². The van der Waals surface area contributed by atoms with Crippen LogP contribution in [0.3, 0.4) is 0 Å². The van der Waals surface area contributed by atoms with Gasteiger partial charge < -0.3 is 18.7 Å². The minimum atomic E-state index is -1.86. The van der Waals surface area contributed by atoms with Crippen LogP contribution in [0.1, 0.15) is 55.8 Å². The van der Waals surface area contributed by atoms with Crippen molar-refractivity contribution in [3.63, 3.8) is 0 Å². The second-order valence-electron chi connectivity index (χ2n) is 8.59. The molecule has 1 atom stereocenters. The summed E-state index contributed by atoms with van der Waals surface area (Å²) in [7, 11) is 0. The molecule has 0 aliphatic carbocycles. The molecule has 0 spiro atoms. The summed E-state index contributed by atoms with van der Waals surface area (Å²) >= 11 is -0.309. The molecule has 0 amide bonds. The molecule has 0 saturated carbocycles. The number of hydrogen-bond donors (Lipinski definition) is 1. The lowest BCUT2D eigenvalue weighted by Gasteiger charge is -2.29. The number of benzene rings is 1. The van der Waals surface area contributed by atoms with Gasteiger partial charge in [-0.05, 0) is 36.6 Å². The average Bonchev–Trinajstić information content (AvgIpc) is 3.48. The van der Waals surface area contributed by atoms with Crippen LogP contribution in [-0.2, 0) is 16.8 Å². The summed E-state index contributed by atoms with van der Waals surface area (Å²) in [5.41, 5.74) is 1.61. The molecule has 1 fully saturated rings. The maximum Gasteiger partial charge on any atom is 0.229 e. The molecule has 0 radical (unpaired) electrons. The number of rotatable bonds is 7. The minimum absolute atomic E-state index is 0.0965. The van der Waals surface area contributed by atoms with E-state index < -0.39 is 11.1 Å². The van der Waals surface area contributed by atoms with Crippen LogP contribution in [0.25, 0.3) is 10.3 Å². The monoisotopic (exact) mass is 499 g/mol. The Labute approximate surface area is 203 Å². The number of thiazole rings is 1. The maximum absolute atomic E-state index is 10.9. The zero-order chi connectivity index (χ0) is 23.7. The van der Waals surface area contributed by atoms with Crippen molar-refractivity contribution in [3.8, 4) is 11.6 Å². The summed E-state index contributed by atoms with van der Waals surface area (Å²) in [5.74, 6) is 3.26. The van der Waals surface area contributed by atoms with Gasteiger partial charge in [0.15, 0.2) is 22.0 Å².